The molecule has 1 aliphatic rings. The van der Waals surface area contributed by atoms with Crippen molar-refractivity contribution in [3.05, 3.63) is 29.8 Å². The fourth-order valence-electron chi connectivity index (χ4n) is 4.15. The van der Waals surface area contributed by atoms with Crippen molar-refractivity contribution in [1.29, 1.82) is 0 Å². The lowest BCUT2D eigenvalue weighted by Gasteiger charge is -2.27. The summed E-state index contributed by atoms with van der Waals surface area (Å²) in [7, 11) is 0. The summed E-state index contributed by atoms with van der Waals surface area (Å²) in [6.07, 6.45) is 3.00. The number of hydrogen-bond donors (Lipinski definition) is 1. The molecular weight excluding hydrogens is 396 g/mol. The minimum absolute atomic E-state index is 0.0713. The van der Waals surface area contributed by atoms with Gasteiger partial charge in [0.2, 0.25) is 16.9 Å². The van der Waals surface area contributed by atoms with E-state index in [9.17, 15) is 9.59 Å². The molecule has 2 heterocycles. The van der Waals surface area contributed by atoms with Crippen LogP contribution in [0.5, 0.6) is 0 Å². The molecule has 0 radical (unpaired) electrons. The fourth-order valence-corrected chi connectivity index (χ4v) is 4.90. The second-order valence-electron chi connectivity index (χ2n) is 9.59. The third kappa shape index (κ3) is 5.88. The Kier molecular flexibility index (Phi) is 6.91. The maximum absolute atomic E-state index is 12.9. The quantitative estimate of drug-likeness (QED) is 0.710. The van der Waals surface area contributed by atoms with Crippen LogP contribution in [0.15, 0.2) is 24.3 Å². The zero-order valence-electron chi connectivity index (χ0n) is 18.6. The Balaban J connectivity index is 1.60. The van der Waals surface area contributed by atoms with E-state index in [1.54, 1.807) is 4.90 Å². The number of carbonyl (C=O) groups is 2. The van der Waals surface area contributed by atoms with Gasteiger partial charge in [-0.2, -0.15) is 0 Å². The smallest absolute Gasteiger partial charge is 0.249 e. The lowest BCUT2D eigenvalue weighted by atomic mass is 9.84. The molecule has 0 spiro atoms. The second kappa shape index (κ2) is 9.25. The Bertz CT molecular complexity index is 885. The molecule has 162 valence electrons. The van der Waals surface area contributed by atoms with Crippen molar-refractivity contribution in [2.24, 2.45) is 11.3 Å². The number of aryl methyl sites for hydroxylation is 1. The summed E-state index contributed by atoms with van der Waals surface area (Å²) in [5, 5.41) is 12.4. The monoisotopic (exact) mass is 428 g/mol. The summed E-state index contributed by atoms with van der Waals surface area (Å²) in [4.78, 5) is 27.5. The maximum Gasteiger partial charge on any atom is 0.249 e. The Morgan fingerprint density at radius 2 is 1.93 bits per heavy atom. The topological polar surface area (TPSA) is 75.2 Å². The number of nitrogens with one attached hydrogen (secondary N) is 1. The molecule has 1 aromatic heterocycles. The minimum Gasteiger partial charge on any atom is -0.331 e. The number of rotatable bonds is 6. The predicted molar refractivity (Wildman–Crippen MR) is 121 cm³/mol. The van der Waals surface area contributed by atoms with Crippen molar-refractivity contribution in [2.45, 2.75) is 66.3 Å². The molecule has 1 saturated heterocycles. The molecule has 6 nitrogen and oxygen atoms in total. The Morgan fingerprint density at radius 3 is 2.60 bits per heavy atom. The first-order chi connectivity index (χ1) is 14.1. The molecule has 0 aliphatic carbocycles. The van der Waals surface area contributed by atoms with E-state index in [1.165, 1.54) is 16.9 Å². The standard InChI is InChI=1S/C23H32N4O2S/c1-15-8-10-17(11-9-15)21-25-26-22(30-21)24-20(29)18-7-6-12-27(18)19(28)13-16(2)14-23(3,4)5/h8-11,16,18H,6-7,12-14H2,1-5H3,(H,24,26,29)/t16-,18-/m1/s1. The third-order valence-corrected chi connectivity index (χ3v) is 6.20. The van der Waals surface area contributed by atoms with Gasteiger partial charge in [-0.1, -0.05) is 68.9 Å². The van der Waals surface area contributed by atoms with E-state index in [1.807, 2.05) is 31.2 Å². The Hall–Kier alpha value is -2.28. The molecule has 2 aromatic rings. The van der Waals surface area contributed by atoms with Gasteiger partial charge in [-0.25, -0.2) is 0 Å². The lowest BCUT2D eigenvalue weighted by Crippen LogP contribution is -2.43. The van der Waals surface area contributed by atoms with Gasteiger partial charge in [0.05, 0.1) is 0 Å². The van der Waals surface area contributed by atoms with E-state index >= 15 is 0 Å². The van der Waals surface area contributed by atoms with Crippen LogP contribution in [-0.4, -0.2) is 39.5 Å². The van der Waals surface area contributed by atoms with Crippen LogP contribution < -0.4 is 5.32 Å². The predicted octanol–water partition coefficient (Wildman–Crippen LogP) is 4.91. The highest BCUT2D eigenvalue weighted by Crippen LogP contribution is 2.29. The fraction of sp³-hybridized carbons (Fsp3) is 0.565. The Labute approximate surface area is 183 Å². The molecule has 7 heteroatoms. The molecular formula is C23H32N4O2S. The van der Waals surface area contributed by atoms with Gasteiger partial charge in [0.15, 0.2) is 0 Å². The normalized spacial score (nSPS) is 17.8. The zero-order valence-corrected chi connectivity index (χ0v) is 19.4. The van der Waals surface area contributed by atoms with Gasteiger partial charge in [0, 0.05) is 18.5 Å². The minimum atomic E-state index is -0.425. The van der Waals surface area contributed by atoms with Crippen LogP contribution in [0.4, 0.5) is 5.13 Å². The van der Waals surface area contributed by atoms with E-state index in [2.05, 4.69) is 43.2 Å². The number of nitrogens with zero attached hydrogens (tertiary/aromatic N) is 3. The number of carbonyl (C=O) groups excluding carboxylic acids is 2. The third-order valence-electron chi connectivity index (χ3n) is 5.31. The van der Waals surface area contributed by atoms with Crippen LogP contribution in [0.1, 0.15) is 58.9 Å². The first-order valence-electron chi connectivity index (χ1n) is 10.6. The highest BCUT2D eigenvalue weighted by Gasteiger charge is 2.35. The molecule has 1 aliphatic heterocycles. The van der Waals surface area contributed by atoms with E-state index in [-0.39, 0.29) is 17.2 Å². The zero-order chi connectivity index (χ0) is 21.9. The number of hydrogen-bond acceptors (Lipinski definition) is 5. The second-order valence-corrected chi connectivity index (χ2v) is 10.6. The number of anilines is 1. The number of benzene rings is 1. The van der Waals surface area contributed by atoms with Gasteiger partial charge in [-0.3, -0.25) is 14.9 Å². The molecule has 1 N–H and O–H groups in total. The molecule has 30 heavy (non-hydrogen) atoms. The maximum atomic E-state index is 12.9. The average molecular weight is 429 g/mol. The van der Waals surface area contributed by atoms with Crippen LogP contribution in [-0.2, 0) is 9.59 Å². The molecule has 2 atom stereocenters. The molecule has 1 aromatic carbocycles. The van der Waals surface area contributed by atoms with Crippen LogP contribution in [0.25, 0.3) is 10.6 Å². The molecule has 1 fully saturated rings. The van der Waals surface area contributed by atoms with E-state index in [0.29, 0.717) is 30.4 Å². The van der Waals surface area contributed by atoms with Crippen LogP contribution in [0, 0.1) is 18.3 Å². The number of amides is 2. The first-order valence-corrected chi connectivity index (χ1v) is 11.4. The SMILES string of the molecule is Cc1ccc(-c2nnc(NC(=O)[C@H]3CCCN3C(=O)C[C@@H](C)CC(C)(C)C)s2)cc1. The Morgan fingerprint density at radius 1 is 1.23 bits per heavy atom. The average Bonchev–Trinajstić information content (AvgIpc) is 3.30. The summed E-state index contributed by atoms with van der Waals surface area (Å²) in [5.74, 6) is 0.194. The highest BCUT2D eigenvalue weighted by molar-refractivity contribution is 7.18. The van der Waals surface area contributed by atoms with Crippen molar-refractivity contribution in [3.63, 3.8) is 0 Å². The summed E-state index contributed by atoms with van der Waals surface area (Å²) in [5.41, 5.74) is 2.35. The van der Waals surface area contributed by atoms with Gasteiger partial charge < -0.3 is 4.90 Å². The van der Waals surface area contributed by atoms with Gasteiger partial charge in [0.25, 0.3) is 0 Å². The molecule has 0 saturated carbocycles. The molecule has 0 unspecified atom stereocenters. The number of aromatic nitrogens is 2. The molecule has 2 amide bonds. The highest BCUT2D eigenvalue weighted by atomic mass is 32.1. The van der Waals surface area contributed by atoms with Gasteiger partial charge in [-0.05, 0) is 37.5 Å². The van der Waals surface area contributed by atoms with Gasteiger partial charge in [-0.15, -0.1) is 10.2 Å². The lowest BCUT2D eigenvalue weighted by molar-refractivity contribution is -0.137. The summed E-state index contributed by atoms with van der Waals surface area (Å²) < 4.78 is 0. The first kappa shape index (κ1) is 22.4. The summed E-state index contributed by atoms with van der Waals surface area (Å²) >= 11 is 1.35. The van der Waals surface area contributed by atoms with Crippen molar-refractivity contribution < 1.29 is 9.59 Å². The van der Waals surface area contributed by atoms with Crippen molar-refractivity contribution >= 4 is 28.3 Å². The summed E-state index contributed by atoms with van der Waals surface area (Å²) in [6, 6.07) is 7.62. The van der Waals surface area contributed by atoms with Gasteiger partial charge >= 0.3 is 0 Å². The molecule has 3 rings (SSSR count). The molecule has 0 bridgehead atoms. The van der Waals surface area contributed by atoms with E-state index in [4.69, 9.17) is 0 Å². The van der Waals surface area contributed by atoms with Crippen LogP contribution >= 0.6 is 11.3 Å². The van der Waals surface area contributed by atoms with E-state index < -0.39 is 6.04 Å². The largest absolute Gasteiger partial charge is 0.331 e. The van der Waals surface area contributed by atoms with Gasteiger partial charge in [0.1, 0.15) is 11.0 Å². The van der Waals surface area contributed by atoms with Crippen LogP contribution in [0.3, 0.4) is 0 Å². The van der Waals surface area contributed by atoms with Crippen molar-refractivity contribution in [1.82, 2.24) is 15.1 Å². The van der Waals surface area contributed by atoms with Crippen molar-refractivity contribution in [3.8, 4) is 10.6 Å². The van der Waals surface area contributed by atoms with Crippen molar-refractivity contribution in [2.75, 3.05) is 11.9 Å². The van der Waals surface area contributed by atoms with E-state index in [0.717, 1.165) is 23.4 Å². The summed E-state index contributed by atoms with van der Waals surface area (Å²) in [6.45, 7) is 11.4. The van der Waals surface area contributed by atoms with Crippen LogP contribution in [0.2, 0.25) is 0 Å². The number of likely N-dealkylation sites (tertiary alicyclic amines) is 1.